The first-order chi connectivity index (χ1) is 13.7. The van der Waals surface area contributed by atoms with Crippen LogP contribution in [0.2, 0.25) is 0 Å². The van der Waals surface area contributed by atoms with Crippen molar-refractivity contribution in [2.75, 3.05) is 23.8 Å². The number of aryl methyl sites for hydroxylation is 1. The number of anilines is 2. The molecule has 0 heterocycles. The van der Waals surface area contributed by atoms with E-state index in [1.165, 1.54) is 5.56 Å². The summed E-state index contributed by atoms with van der Waals surface area (Å²) < 4.78 is 6.85. The minimum Gasteiger partial charge on any atom is -0.491 e. The van der Waals surface area contributed by atoms with Gasteiger partial charge in [-0.15, -0.1) is 0 Å². The first-order valence-electron chi connectivity index (χ1n) is 9.26. The van der Waals surface area contributed by atoms with E-state index in [1.54, 1.807) is 0 Å². The maximum Gasteiger partial charge on any atom is 0.243 e. The molecule has 3 rings (SSSR count). The van der Waals surface area contributed by atoms with Crippen LogP contribution in [-0.4, -0.2) is 19.1 Å². The van der Waals surface area contributed by atoms with E-state index in [9.17, 15) is 4.79 Å². The zero-order valence-electron chi connectivity index (χ0n) is 15.5. The van der Waals surface area contributed by atoms with E-state index >= 15 is 0 Å². The second-order valence-corrected chi connectivity index (χ2v) is 7.26. The lowest BCUT2D eigenvalue weighted by Crippen LogP contribution is -2.22. The Morgan fingerprint density at radius 3 is 2.54 bits per heavy atom. The number of rotatable bonds is 9. The summed E-state index contributed by atoms with van der Waals surface area (Å²) in [5.41, 5.74) is 2.87. The molecule has 28 heavy (non-hydrogen) atoms. The molecule has 1 amide bonds. The summed E-state index contributed by atoms with van der Waals surface area (Å²) in [5, 5.41) is 6.03. The number of hydrogen-bond donors (Lipinski definition) is 2. The summed E-state index contributed by atoms with van der Waals surface area (Å²) in [7, 11) is 0. The molecule has 0 radical (unpaired) electrons. The molecular weight excluding hydrogens is 416 g/mol. The van der Waals surface area contributed by atoms with Crippen molar-refractivity contribution in [1.29, 1.82) is 0 Å². The Labute approximate surface area is 174 Å². The molecule has 0 aliphatic rings. The average molecular weight is 439 g/mol. The monoisotopic (exact) mass is 438 g/mol. The van der Waals surface area contributed by atoms with Gasteiger partial charge in [-0.3, -0.25) is 4.79 Å². The van der Waals surface area contributed by atoms with Crippen LogP contribution in [0.3, 0.4) is 0 Å². The highest BCUT2D eigenvalue weighted by Gasteiger charge is 2.06. The Hall–Kier alpha value is -2.79. The molecule has 144 valence electrons. The molecule has 0 aliphatic carbocycles. The zero-order valence-corrected chi connectivity index (χ0v) is 17.1. The second-order valence-electron chi connectivity index (χ2n) is 6.35. The number of nitrogens with one attached hydrogen (secondary N) is 2. The smallest absolute Gasteiger partial charge is 0.243 e. The van der Waals surface area contributed by atoms with Crippen LogP contribution in [0.15, 0.2) is 83.3 Å². The number of benzene rings is 3. The van der Waals surface area contributed by atoms with Gasteiger partial charge in [0.1, 0.15) is 5.75 Å². The van der Waals surface area contributed by atoms with Gasteiger partial charge < -0.3 is 15.4 Å². The molecule has 0 aliphatic heterocycles. The predicted molar refractivity (Wildman–Crippen MR) is 118 cm³/mol. The van der Waals surface area contributed by atoms with Gasteiger partial charge >= 0.3 is 0 Å². The van der Waals surface area contributed by atoms with Crippen LogP contribution >= 0.6 is 15.9 Å². The molecule has 2 N–H and O–H groups in total. The number of carbonyl (C=O) groups is 1. The highest BCUT2D eigenvalue weighted by molar-refractivity contribution is 9.10. The van der Waals surface area contributed by atoms with Crippen molar-refractivity contribution in [2.45, 2.75) is 12.8 Å². The van der Waals surface area contributed by atoms with Crippen molar-refractivity contribution >= 4 is 33.2 Å². The zero-order chi connectivity index (χ0) is 19.6. The van der Waals surface area contributed by atoms with Crippen molar-refractivity contribution in [3.63, 3.8) is 0 Å². The topological polar surface area (TPSA) is 50.4 Å². The third kappa shape index (κ3) is 6.43. The van der Waals surface area contributed by atoms with Crippen molar-refractivity contribution in [3.8, 4) is 5.75 Å². The van der Waals surface area contributed by atoms with Gasteiger partial charge in [0.15, 0.2) is 0 Å². The lowest BCUT2D eigenvalue weighted by Gasteiger charge is -2.13. The van der Waals surface area contributed by atoms with Crippen LogP contribution in [0.1, 0.15) is 12.0 Å². The summed E-state index contributed by atoms with van der Waals surface area (Å²) in [4.78, 5) is 12.2. The molecule has 0 spiro atoms. The standard InChI is InChI=1S/C23H23BrN2O2/c24-19-11-6-12-20(16-19)26-23(27)17-25-21-13-4-5-14-22(21)28-15-7-10-18-8-2-1-3-9-18/h1-6,8-9,11-14,16,25H,7,10,15,17H2,(H,26,27). The van der Waals surface area contributed by atoms with E-state index in [0.29, 0.717) is 6.61 Å². The first-order valence-corrected chi connectivity index (χ1v) is 10.0. The third-order valence-corrected chi connectivity index (χ3v) is 4.64. The van der Waals surface area contributed by atoms with Crippen LogP contribution in [0.25, 0.3) is 0 Å². The van der Waals surface area contributed by atoms with E-state index in [-0.39, 0.29) is 12.5 Å². The van der Waals surface area contributed by atoms with Gasteiger partial charge in [-0.2, -0.15) is 0 Å². The van der Waals surface area contributed by atoms with Crippen molar-refractivity contribution in [3.05, 3.63) is 88.9 Å². The second kappa shape index (κ2) is 10.5. The van der Waals surface area contributed by atoms with E-state index < -0.39 is 0 Å². The minimum absolute atomic E-state index is 0.114. The molecule has 0 saturated heterocycles. The Morgan fingerprint density at radius 2 is 1.71 bits per heavy atom. The largest absolute Gasteiger partial charge is 0.491 e. The molecule has 4 nitrogen and oxygen atoms in total. The molecule has 5 heteroatoms. The highest BCUT2D eigenvalue weighted by atomic mass is 79.9. The highest BCUT2D eigenvalue weighted by Crippen LogP contribution is 2.24. The van der Waals surface area contributed by atoms with E-state index in [1.807, 2.05) is 54.6 Å². The summed E-state index contributed by atoms with van der Waals surface area (Å²) in [6.45, 7) is 0.786. The van der Waals surface area contributed by atoms with Gasteiger partial charge in [0.05, 0.1) is 18.8 Å². The number of halogens is 1. The van der Waals surface area contributed by atoms with Gasteiger partial charge in [-0.1, -0.05) is 64.5 Å². The minimum atomic E-state index is -0.114. The van der Waals surface area contributed by atoms with Gasteiger partial charge in [-0.05, 0) is 48.7 Å². The summed E-state index contributed by atoms with van der Waals surface area (Å²) in [6.07, 6.45) is 1.91. The summed E-state index contributed by atoms with van der Waals surface area (Å²) >= 11 is 3.40. The van der Waals surface area contributed by atoms with Crippen molar-refractivity contribution in [1.82, 2.24) is 0 Å². The lowest BCUT2D eigenvalue weighted by atomic mass is 10.1. The molecule has 0 atom stereocenters. The van der Waals surface area contributed by atoms with Crippen LogP contribution < -0.4 is 15.4 Å². The maximum absolute atomic E-state index is 12.2. The molecule has 0 saturated carbocycles. The Kier molecular flexibility index (Phi) is 7.50. The van der Waals surface area contributed by atoms with E-state index in [2.05, 4.69) is 50.8 Å². The van der Waals surface area contributed by atoms with Gasteiger partial charge in [0.25, 0.3) is 0 Å². The average Bonchev–Trinajstić information content (AvgIpc) is 2.71. The van der Waals surface area contributed by atoms with Gasteiger partial charge in [0, 0.05) is 10.2 Å². The SMILES string of the molecule is O=C(CNc1ccccc1OCCCc1ccccc1)Nc1cccc(Br)c1. The van der Waals surface area contributed by atoms with Gasteiger partial charge in [0.2, 0.25) is 5.91 Å². The van der Waals surface area contributed by atoms with E-state index in [4.69, 9.17) is 4.74 Å². The maximum atomic E-state index is 12.2. The fourth-order valence-electron chi connectivity index (χ4n) is 2.79. The van der Waals surface area contributed by atoms with Crippen LogP contribution in [0.5, 0.6) is 5.75 Å². The fraction of sp³-hybridized carbons (Fsp3) is 0.174. The Balaban J connectivity index is 1.47. The summed E-state index contributed by atoms with van der Waals surface area (Å²) in [6, 6.07) is 25.6. The molecule has 3 aromatic rings. The van der Waals surface area contributed by atoms with Crippen LogP contribution in [0, 0.1) is 0 Å². The Bertz CT molecular complexity index is 900. The van der Waals surface area contributed by atoms with Crippen LogP contribution in [-0.2, 0) is 11.2 Å². The first kappa shape index (κ1) is 20.0. The van der Waals surface area contributed by atoms with Crippen LogP contribution in [0.4, 0.5) is 11.4 Å². The number of amides is 1. The quantitative estimate of drug-likeness (QED) is 0.432. The van der Waals surface area contributed by atoms with Gasteiger partial charge in [-0.25, -0.2) is 0 Å². The summed E-state index contributed by atoms with van der Waals surface area (Å²) in [5.74, 6) is 0.641. The Morgan fingerprint density at radius 1 is 0.929 bits per heavy atom. The number of ether oxygens (including phenoxy) is 1. The predicted octanol–water partition coefficient (Wildman–Crippen LogP) is 5.51. The van der Waals surface area contributed by atoms with Crippen molar-refractivity contribution < 1.29 is 9.53 Å². The third-order valence-electron chi connectivity index (χ3n) is 4.15. The molecule has 3 aromatic carbocycles. The molecule has 0 bridgehead atoms. The fourth-order valence-corrected chi connectivity index (χ4v) is 3.19. The normalized spacial score (nSPS) is 10.3. The molecule has 0 unspecified atom stereocenters. The molecule has 0 aromatic heterocycles. The number of para-hydroxylation sites is 2. The van der Waals surface area contributed by atoms with E-state index in [0.717, 1.165) is 34.4 Å². The molecular formula is C23H23BrN2O2. The molecule has 0 fully saturated rings. The number of hydrogen-bond acceptors (Lipinski definition) is 3. The van der Waals surface area contributed by atoms with Crippen molar-refractivity contribution in [2.24, 2.45) is 0 Å². The lowest BCUT2D eigenvalue weighted by molar-refractivity contribution is -0.114. The number of carbonyl (C=O) groups excluding carboxylic acids is 1.